The van der Waals surface area contributed by atoms with Crippen LogP contribution in [-0.4, -0.2) is 50.5 Å². The highest BCUT2D eigenvalue weighted by molar-refractivity contribution is 9.18. The monoisotopic (exact) mass is 424 g/mol. The Hall–Kier alpha value is -2.75. The number of aromatic nitrogens is 1. The Bertz CT molecular complexity index is 865. The molecule has 0 saturated heterocycles. The summed E-state index contributed by atoms with van der Waals surface area (Å²) >= 11 is 3.21. The molecule has 10 heteroatoms. The Morgan fingerprint density at radius 1 is 1.46 bits per heavy atom. The third-order valence-corrected chi connectivity index (χ3v) is 4.46. The molecule has 0 radical (unpaired) electrons. The Kier molecular flexibility index (Phi) is 5.31. The van der Waals surface area contributed by atoms with Crippen LogP contribution in [0.4, 0.5) is 4.79 Å². The molecule has 3 rings (SSSR count). The molecule has 1 aliphatic rings. The van der Waals surface area contributed by atoms with Gasteiger partial charge in [-0.25, -0.2) is 4.79 Å². The van der Waals surface area contributed by atoms with Gasteiger partial charge in [-0.1, -0.05) is 5.16 Å². The van der Waals surface area contributed by atoms with Crippen LogP contribution in [0.3, 0.4) is 0 Å². The number of rotatable bonds is 6. The molecule has 0 saturated carbocycles. The van der Waals surface area contributed by atoms with Crippen molar-refractivity contribution >= 4 is 43.5 Å². The van der Waals surface area contributed by atoms with E-state index in [1.54, 1.807) is 24.4 Å². The van der Waals surface area contributed by atoms with Crippen LogP contribution in [0.25, 0.3) is 10.9 Å². The van der Waals surface area contributed by atoms with Gasteiger partial charge in [-0.2, -0.15) is 0 Å². The van der Waals surface area contributed by atoms with Gasteiger partial charge in [-0.3, -0.25) is 4.79 Å². The number of phenolic OH excluding ortho intramolecular Hbond substituents is 1. The summed E-state index contributed by atoms with van der Waals surface area (Å²) in [6.45, 7) is 0.212. The van der Waals surface area contributed by atoms with Crippen molar-refractivity contribution in [1.82, 2.24) is 15.6 Å². The number of aromatic amines is 1. The summed E-state index contributed by atoms with van der Waals surface area (Å²) in [5, 5.41) is 28.1. The van der Waals surface area contributed by atoms with E-state index in [4.69, 9.17) is 9.94 Å². The van der Waals surface area contributed by atoms with E-state index in [1.165, 1.54) is 0 Å². The number of halogens is 1. The van der Waals surface area contributed by atoms with E-state index in [0.717, 1.165) is 10.9 Å². The third-order valence-electron chi connectivity index (χ3n) is 3.99. The van der Waals surface area contributed by atoms with Crippen LogP contribution in [0, 0.1) is 0 Å². The predicted molar refractivity (Wildman–Crippen MR) is 97.5 cm³/mol. The number of nitrogens with one attached hydrogen (secondary N) is 3. The number of benzene rings is 1. The van der Waals surface area contributed by atoms with Gasteiger partial charge in [-0.05, 0) is 39.7 Å². The Balaban J connectivity index is 1.69. The molecule has 26 heavy (non-hydrogen) atoms. The lowest BCUT2D eigenvalue weighted by atomic mass is 10.0. The number of fused-ring (bicyclic) bond motifs is 1. The van der Waals surface area contributed by atoms with E-state index < -0.39 is 18.0 Å². The number of nitrogens with zero attached hydrogens (tertiary/aromatic N) is 1. The molecule has 0 bridgehead atoms. The summed E-state index contributed by atoms with van der Waals surface area (Å²) in [4.78, 5) is 31.7. The number of amides is 2. The zero-order valence-corrected chi connectivity index (χ0v) is 15.1. The molecule has 138 valence electrons. The van der Waals surface area contributed by atoms with E-state index in [1.807, 2.05) is 0 Å². The summed E-state index contributed by atoms with van der Waals surface area (Å²) < 4.78 is 0.663. The maximum atomic E-state index is 12.4. The van der Waals surface area contributed by atoms with Crippen LogP contribution in [-0.2, 0) is 16.1 Å². The fourth-order valence-corrected chi connectivity index (χ4v) is 3.20. The second-order valence-electron chi connectivity index (χ2n) is 5.89. The molecular formula is C16H17BrN4O5. The molecule has 1 aromatic carbocycles. The zero-order chi connectivity index (χ0) is 18.7. The highest BCUT2D eigenvalue weighted by Gasteiger charge is 2.25. The van der Waals surface area contributed by atoms with Gasteiger partial charge in [0, 0.05) is 29.9 Å². The van der Waals surface area contributed by atoms with Crippen molar-refractivity contribution in [3.05, 3.63) is 30.0 Å². The summed E-state index contributed by atoms with van der Waals surface area (Å²) in [6.07, 6.45) is 0.783. The largest absolute Gasteiger partial charge is 0.508 e. The first-order valence-corrected chi connectivity index (χ1v) is 8.66. The molecule has 2 amide bonds. The molecule has 1 aliphatic heterocycles. The van der Waals surface area contributed by atoms with Crippen LogP contribution < -0.4 is 10.6 Å². The van der Waals surface area contributed by atoms with Gasteiger partial charge in [0.15, 0.2) is 6.10 Å². The number of phenols is 1. The van der Waals surface area contributed by atoms with Gasteiger partial charge >= 0.3 is 6.09 Å². The molecule has 1 aromatic heterocycles. The van der Waals surface area contributed by atoms with E-state index in [-0.39, 0.29) is 24.8 Å². The number of hydrogen-bond donors (Lipinski definition) is 5. The van der Waals surface area contributed by atoms with Crippen molar-refractivity contribution in [1.29, 1.82) is 0 Å². The smallest absolute Gasteiger partial charge is 0.405 e. The molecule has 0 aliphatic carbocycles. The van der Waals surface area contributed by atoms with Crippen LogP contribution in [0.2, 0.25) is 0 Å². The van der Waals surface area contributed by atoms with Crippen molar-refractivity contribution < 1.29 is 24.6 Å². The number of oxime groups is 1. The number of carbonyl (C=O) groups is 2. The van der Waals surface area contributed by atoms with E-state index in [0.29, 0.717) is 16.6 Å². The summed E-state index contributed by atoms with van der Waals surface area (Å²) in [6, 6.07) is 3.84. The van der Waals surface area contributed by atoms with Crippen LogP contribution >= 0.6 is 15.9 Å². The molecule has 0 spiro atoms. The van der Waals surface area contributed by atoms with E-state index in [2.05, 4.69) is 36.7 Å². The van der Waals surface area contributed by atoms with Gasteiger partial charge in [0.05, 0.1) is 6.54 Å². The van der Waals surface area contributed by atoms with Crippen molar-refractivity contribution in [2.45, 2.75) is 25.0 Å². The molecule has 2 heterocycles. The molecule has 2 atom stereocenters. The third kappa shape index (κ3) is 4.26. The molecule has 9 nitrogen and oxygen atoms in total. The fraction of sp³-hybridized carbons (Fsp3) is 0.312. The SMILES string of the molecule is O=C(O)N[C@@H](Cc1c[nH]c2ccc(O)cc12)C(=O)NCC1CC(Br)=NO1. The first kappa shape index (κ1) is 18.1. The minimum Gasteiger partial charge on any atom is -0.508 e. The van der Waals surface area contributed by atoms with Crippen LogP contribution in [0.1, 0.15) is 12.0 Å². The average molecular weight is 425 g/mol. The minimum absolute atomic E-state index is 0.0921. The van der Waals surface area contributed by atoms with Crippen molar-refractivity contribution in [3.8, 4) is 5.75 Å². The van der Waals surface area contributed by atoms with Crippen molar-refractivity contribution in [2.24, 2.45) is 5.16 Å². The minimum atomic E-state index is -1.30. The Morgan fingerprint density at radius 3 is 2.96 bits per heavy atom. The van der Waals surface area contributed by atoms with Gasteiger partial charge in [0.2, 0.25) is 5.91 Å². The molecule has 0 fully saturated rings. The Morgan fingerprint density at radius 2 is 2.27 bits per heavy atom. The zero-order valence-electron chi connectivity index (χ0n) is 13.5. The molecule has 5 N–H and O–H groups in total. The standard InChI is InChI=1S/C16H17BrN4O5/c17-14-5-10(26-21-14)7-19-15(23)13(20-16(24)25)3-8-6-18-12-2-1-9(22)4-11(8)12/h1-2,4,6,10,13,18,20,22H,3,5,7H2,(H,19,23)(H,24,25)/t10?,13-/m0/s1. The van der Waals surface area contributed by atoms with Gasteiger partial charge in [0.1, 0.15) is 16.4 Å². The average Bonchev–Trinajstić information content (AvgIpc) is 3.18. The lowest BCUT2D eigenvalue weighted by Gasteiger charge is -2.17. The molecular weight excluding hydrogens is 408 g/mol. The number of H-pyrrole nitrogens is 1. The highest BCUT2D eigenvalue weighted by atomic mass is 79.9. The van der Waals surface area contributed by atoms with Gasteiger partial charge in [-0.15, -0.1) is 0 Å². The van der Waals surface area contributed by atoms with Crippen LogP contribution in [0.5, 0.6) is 5.75 Å². The van der Waals surface area contributed by atoms with Crippen molar-refractivity contribution in [2.75, 3.05) is 6.54 Å². The molecule has 2 aromatic rings. The normalized spacial score (nSPS) is 17.4. The number of carbonyl (C=O) groups excluding carboxylic acids is 1. The van der Waals surface area contributed by atoms with E-state index in [9.17, 15) is 14.7 Å². The fourth-order valence-electron chi connectivity index (χ4n) is 2.75. The lowest BCUT2D eigenvalue weighted by molar-refractivity contribution is -0.123. The second-order valence-corrected chi connectivity index (χ2v) is 6.81. The summed E-state index contributed by atoms with van der Waals surface area (Å²) in [7, 11) is 0. The number of carboxylic acid groups (broad SMARTS) is 1. The summed E-state index contributed by atoms with van der Waals surface area (Å²) in [5.41, 5.74) is 1.50. The second kappa shape index (κ2) is 7.65. The quantitative estimate of drug-likeness (QED) is 0.480. The first-order chi connectivity index (χ1) is 12.4. The maximum absolute atomic E-state index is 12.4. The van der Waals surface area contributed by atoms with E-state index >= 15 is 0 Å². The number of aromatic hydroxyl groups is 1. The first-order valence-electron chi connectivity index (χ1n) is 7.86. The van der Waals surface area contributed by atoms with Crippen LogP contribution in [0.15, 0.2) is 29.6 Å². The molecule has 1 unspecified atom stereocenters. The van der Waals surface area contributed by atoms with Gasteiger partial charge < -0.3 is 30.7 Å². The Labute approximate surface area is 156 Å². The summed E-state index contributed by atoms with van der Waals surface area (Å²) in [5.74, 6) is -0.372. The van der Waals surface area contributed by atoms with Crippen molar-refractivity contribution in [3.63, 3.8) is 0 Å². The number of hydrogen-bond acceptors (Lipinski definition) is 5. The highest BCUT2D eigenvalue weighted by Crippen LogP contribution is 2.24. The predicted octanol–water partition coefficient (Wildman–Crippen LogP) is 1.67. The van der Waals surface area contributed by atoms with Gasteiger partial charge in [0.25, 0.3) is 0 Å². The maximum Gasteiger partial charge on any atom is 0.405 e. The lowest BCUT2D eigenvalue weighted by Crippen LogP contribution is -2.49. The topological polar surface area (TPSA) is 136 Å².